The number of hydrogen-bond acceptors (Lipinski definition) is 2. The fraction of sp³-hybridized carbons (Fsp3) is 0.333. The molecule has 0 saturated heterocycles. The zero-order valence-corrected chi connectivity index (χ0v) is 13.4. The Balaban J connectivity index is 1.70. The van der Waals surface area contributed by atoms with E-state index in [0.717, 1.165) is 24.5 Å². The van der Waals surface area contributed by atoms with Gasteiger partial charge in [0.2, 0.25) is 0 Å². The molecule has 6 heteroatoms. The summed E-state index contributed by atoms with van der Waals surface area (Å²) in [4.78, 5) is 18.2. The molecule has 1 saturated carbocycles. The van der Waals surface area contributed by atoms with Gasteiger partial charge in [0.15, 0.2) is 0 Å². The summed E-state index contributed by atoms with van der Waals surface area (Å²) in [6.07, 6.45) is 5.17. The highest BCUT2D eigenvalue weighted by Crippen LogP contribution is 2.29. The average molecular weight is 331 g/mol. The maximum atomic E-state index is 13.9. The van der Waals surface area contributed by atoms with Crippen molar-refractivity contribution in [3.8, 4) is 0 Å². The first kappa shape index (κ1) is 16.4. The Morgan fingerprint density at radius 2 is 2.17 bits per heavy atom. The Morgan fingerprint density at radius 1 is 1.38 bits per heavy atom. The third kappa shape index (κ3) is 3.88. The summed E-state index contributed by atoms with van der Waals surface area (Å²) in [6, 6.07) is 6.79. The van der Waals surface area contributed by atoms with Crippen LogP contribution < -0.4 is 5.32 Å². The van der Waals surface area contributed by atoms with Crippen molar-refractivity contribution in [3.63, 3.8) is 0 Å². The molecule has 1 aromatic carbocycles. The van der Waals surface area contributed by atoms with Crippen molar-refractivity contribution in [2.75, 3.05) is 0 Å². The minimum atomic E-state index is -0.631. The van der Waals surface area contributed by atoms with E-state index in [-0.39, 0.29) is 24.7 Å². The summed E-state index contributed by atoms with van der Waals surface area (Å²) < 4.78 is 26.9. The van der Waals surface area contributed by atoms with Crippen molar-refractivity contribution in [2.24, 2.45) is 0 Å². The molecule has 2 aromatic rings. The Hall–Kier alpha value is -2.50. The Morgan fingerprint density at radius 3 is 2.79 bits per heavy atom. The molecule has 2 amide bonds. The van der Waals surface area contributed by atoms with Crippen LogP contribution in [0.5, 0.6) is 0 Å². The fourth-order valence-electron chi connectivity index (χ4n) is 2.57. The van der Waals surface area contributed by atoms with Gasteiger partial charge in [0.1, 0.15) is 11.6 Å². The van der Waals surface area contributed by atoms with E-state index in [9.17, 15) is 13.6 Å². The molecule has 1 N–H and O–H groups in total. The summed E-state index contributed by atoms with van der Waals surface area (Å²) in [5, 5.41) is 2.92. The predicted octanol–water partition coefficient (Wildman–Crippen LogP) is 3.80. The number of aromatic nitrogens is 1. The van der Waals surface area contributed by atoms with Crippen molar-refractivity contribution in [1.82, 2.24) is 15.2 Å². The lowest BCUT2D eigenvalue weighted by atomic mass is 10.1. The molecule has 1 aliphatic rings. The maximum Gasteiger partial charge on any atom is 0.318 e. The number of amides is 2. The molecule has 126 valence electrons. The predicted molar refractivity (Wildman–Crippen MR) is 86.1 cm³/mol. The van der Waals surface area contributed by atoms with Gasteiger partial charge in [-0.2, -0.15) is 0 Å². The van der Waals surface area contributed by atoms with E-state index in [0.29, 0.717) is 5.56 Å². The largest absolute Gasteiger partial charge is 0.331 e. The lowest BCUT2D eigenvalue weighted by Crippen LogP contribution is -2.42. The van der Waals surface area contributed by atoms with Crippen LogP contribution in [0, 0.1) is 11.6 Å². The van der Waals surface area contributed by atoms with Crippen LogP contribution >= 0.6 is 0 Å². The van der Waals surface area contributed by atoms with E-state index in [4.69, 9.17) is 0 Å². The highest BCUT2D eigenvalue weighted by Gasteiger charge is 2.33. The van der Waals surface area contributed by atoms with Crippen molar-refractivity contribution in [1.29, 1.82) is 0 Å². The molecular weight excluding hydrogens is 312 g/mol. The molecule has 1 atom stereocenters. The minimum Gasteiger partial charge on any atom is -0.331 e. The van der Waals surface area contributed by atoms with Crippen LogP contribution in [0.1, 0.15) is 36.9 Å². The number of nitrogens with zero attached hydrogens (tertiary/aromatic N) is 2. The second kappa shape index (κ2) is 6.95. The first-order valence-corrected chi connectivity index (χ1v) is 7.95. The topological polar surface area (TPSA) is 45.2 Å². The molecule has 0 aliphatic heterocycles. The van der Waals surface area contributed by atoms with E-state index >= 15 is 0 Å². The number of halogens is 2. The van der Waals surface area contributed by atoms with E-state index in [2.05, 4.69) is 10.3 Å². The Bertz CT molecular complexity index is 719. The monoisotopic (exact) mass is 331 g/mol. The van der Waals surface area contributed by atoms with Crippen LogP contribution in [0.25, 0.3) is 0 Å². The number of pyridine rings is 1. The molecule has 1 aliphatic carbocycles. The van der Waals surface area contributed by atoms with Crippen molar-refractivity contribution >= 4 is 6.03 Å². The first-order valence-electron chi connectivity index (χ1n) is 7.95. The fourth-order valence-corrected chi connectivity index (χ4v) is 2.57. The second-order valence-electron chi connectivity index (χ2n) is 6.05. The number of urea groups is 1. The zero-order chi connectivity index (χ0) is 17.1. The van der Waals surface area contributed by atoms with Gasteiger partial charge >= 0.3 is 6.03 Å². The van der Waals surface area contributed by atoms with Crippen LogP contribution in [0.2, 0.25) is 0 Å². The highest BCUT2D eigenvalue weighted by molar-refractivity contribution is 5.75. The van der Waals surface area contributed by atoms with Crippen LogP contribution in [0.4, 0.5) is 13.6 Å². The zero-order valence-electron chi connectivity index (χ0n) is 13.4. The van der Waals surface area contributed by atoms with Gasteiger partial charge in [-0.15, -0.1) is 0 Å². The Labute approximate surface area is 139 Å². The van der Waals surface area contributed by atoms with Gasteiger partial charge < -0.3 is 10.2 Å². The highest BCUT2D eigenvalue weighted by atomic mass is 19.1. The van der Waals surface area contributed by atoms with Gasteiger partial charge in [0.25, 0.3) is 0 Å². The average Bonchev–Trinajstić information content (AvgIpc) is 3.39. The number of carbonyl (C=O) groups excluding carboxylic acids is 1. The van der Waals surface area contributed by atoms with Gasteiger partial charge in [0.05, 0.1) is 12.6 Å². The summed E-state index contributed by atoms with van der Waals surface area (Å²) in [6.45, 7) is 2.00. The number of rotatable bonds is 5. The van der Waals surface area contributed by atoms with Crippen molar-refractivity contribution in [3.05, 3.63) is 65.5 Å². The van der Waals surface area contributed by atoms with Crippen molar-refractivity contribution in [2.45, 2.75) is 38.4 Å². The van der Waals surface area contributed by atoms with Gasteiger partial charge in [-0.1, -0.05) is 12.1 Å². The van der Waals surface area contributed by atoms with E-state index in [1.54, 1.807) is 17.3 Å². The molecule has 0 unspecified atom stereocenters. The maximum absolute atomic E-state index is 13.9. The van der Waals surface area contributed by atoms with Crippen LogP contribution in [0.15, 0.2) is 42.7 Å². The number of benzene rings is 1. The first-order chi connectivity index (χ1) is 11.5. The second-order valence-corrected chi connectivity index (χ2v) is 6.05. The molecular formula is C18H19F2N3O. The third-order valence-electron chi connectivity index (χ3n) is 4.13. The smallest absolute Gasteiger partial charge is 0.318 e. The molecule has 0 bridgehead atoms. The molecule has 1 fully saturated rings. The van der Waals surface area contributed by atoms with E-state index in [1.165, 1.54) is 12.1 Å². The lowest BCUT2D eigenvalue weighted by Gasteiger charge is -2.25. The van der Waals surface area contributed by atoms with Crippen LogP contribution in [0.3, 0.4) is 0 Å². The SMILES string of the molecule is C[C@@H](NC(=O)N(Cc1ccc(F)cc1F)C1CC1)c1cccnc1. The summed E-state index contributed by atoms with van der Waals surface area (Å²) >= 11 is 0. The van der Waals surface area contributed by atoms with Crippen LogP contribution in [-0.2, 0) is 6.54 Å². The number of carbonyl (C=O) groups is 1. The van der Waals surface area contributed by atoms with Gasteiger partial charge in [-0.3, -0.25) is 4.98 Å². The summed E-state index contributed by atoms with van der Waals surface area (Å²) in [5.41, 5.74) is 1.21. The third-order valence-corrected chi connectivity index (χ3v) is 4.13. The Kier molecular flexibility index (Phi) is 4.74. The van der Waals surface area contributed by atoms with Gasteiger partial charge in [0, 0.05) is 30.1 Å². The quantitative estimate of drug-likeness (QED) is 0.906. The molecule has 24 heavy (non-hydrogen) atoms. The standard InChI is InChI=1S/C18H19F2N3O/c1-12(13-3-2-8-21-10-13)22-18(24)23(16-6-7-16)11-14-4-5-15(19)9-17(14)20/h2-5,8-10,12,16H,6-7,11H2,1H3,(H,22,24)/t12-/m1/s1. The summed E-state index contributed by atoms with van der Waals surface area (Å²) in [5.74, 6) is -1.25. The molecule has 0 spiro atoms. The van der Waals surface area contributed by atoms with Gasteiger partial charge in [-0.25, -0.2) is 13.6 Å². The molecule has 3 rings (SSSR count). The normalized spacial score (nSPS) is 15.0. The molecule has 1 heterocycles. The van der Waals surface area contributed by atoms with E-state index in [1.807, 2.05) is 19.1 Å². The van der Waals surface area contributed by atoms with Crippen LogP contribution in [-0.4, -0.2) is 22.0 Å². The number of nitrogens with one attached hydrogen (secondary N) is 1. The minimum absolute atomic E-state index is 0.107. The van der Waals surface area contributed by atoms with Gasteiger partial charge in [-0.05, 0) is 37.5 Å². The summed E-state index contributed by atoms with van der Waals surface area (Å²) in [7, 11) is 0. The molecule has 4 nitrogen and oxygen atoms in total. The lowest BCUT2D eigenvalue weighted by molar-refractivity contribution is 0.188. The van der Waals surface area contributed by atoms with Crippen molar-refractivity contribution < 1.29 is 13.6 Å². The van der Waals surface area contributed by atoms with E-state index < -0.39 is 11.6 Å². The molecule has 1 aromatic heterocycles. The molecule has 0 radical (unpaired) electrons. The number of hydrogen-bond donors (Lipinski definition) is 1.